The van der Waals surface area contributed by atoms with E-state index in [0.717, 1.165) is 16.5 Å². The SMILES string of the molecule is CC(C)c1ccc(S(=O)(=O)Nc2cccc3[nH]ncc23)cc1. The maximum absolute atomic E-state index is 12.5. The molecule has 0 aliphatic heterocycles. The fourth-order valence-corrected chi connectivity index (χ4v) is 3.37. The molecule has 114 valence electrons. The molecule has 2 N–H and O–H groups in total. The Bertz CT molecular complexity index is 897. The zero-order valence-corrected chi connectivity index (χ0v) is 13.2. The van der Waals surface area contributed by atoms with Crippen LogP contribution < -0.4 is 4.72 Å². The smallest absolute Gasteiger partial charge is 0.261 e. The summed E-state index contributed by atoms with van der Waals surface area (Å²) in [5.74, 6) is 0.365. The molecule has 0 saturated carbocycles. The van der Waals surface area contributed by atoms with E-state index in [1.807, 2.05) is 18.2 Å². The molecule has 3 rings (SSSR count). The lowest BCUT2D eigenvalue weighted by molar-refractivity contribution is 0.601. The van der Waals surface area contributed by atoms with Crippen LogP contribution in [-0.2, 0) is 10.0 Å². The minimum absolute atomic E-state index is 0.248. The number of hydrogen-bond donors (Lipinski definition) is 2. The second kappa shape index (κ2) is 5.46. The molecule has 2 aromatic carbocycles. The summed E-state index contributed by atoms with van der Waals surface area (Å²) in [5.41, 5.74) is 2.41. The van der Waals surface area contributed by atoms with Crippen molar-refractivity contribution in [1.82, 2.24) is 10.2 Å². The third kappa shape index (κ3) is 2.69. The van der Waals surface area contributed by atoms with Crippen LogP contribution in [-0.4, -0.2) is 18.6 Å². The van der Waals surface area contributed by atoms with Gasteiger partial charge in [0.2, 0.25) is 0 Å². The number of H-pyrrole nitrogens is 1. The lowest BCUT2D eigenvalue weighted by Gasteiger charge is -2.10. The molecule has 6 heteroatoms. The Kier molecular flexibility index (Phi) is 3.62. The largest absolute Gasteiger partial charge is 0.279 e. The molecule has 0 unspecified atom stereocenters. The van der Waals surface area contributed by atoms with Gasteiger partial charge in [-0.1, -0.05) is 32.0 Å². The standard InChI is InChI=1S/C16H17N3O2S/c1-11(2)12-6-8-13(9-7-12)22(20,21)19-16-5-3-4-15-14(16)10-17-18-15/h3-11,19H,1-2H3,(H,17,18). The minimum atomic E-state index is -3.62. The van der Waals surface area contributed by atoms with Crippen LogP contribution in [0.2, 0.25) is 0 Å². The van der Waals surface area contributed by atoms with Crippen molar-refractivity contribution >= 4 is 26.6 Å². The Balaban J connectivity index is 1.95. The molecule has 0 bridgehead atoms. The molecule has 0 aliphatic carbocycles. The second-order valence-electron chi connectivity index (χ2n) is 5.47. The molecule has 0 amide bonds. The first-order valence-corrected chi connectivity index (χ1v) is 8.50. The summed E-state index contributed by atoms with van der Waals surface area (Å²) in [7, 11) is -3.62. The highest BCUT2D eigenvalue weighted by Gasteiger charge is 2.16. The van der Waals surface area contributed by atoms with Gasteiger partial charge in [0.1, 0.15) is 0 Å². The van der Waals surface area contributed by atoms with Gasteiger partial charge in [-0.15, -0.1) is 0 Å². The van der Waals surface area contributed by atoms with Crippen LogP contribution in [0.25, 0.3) is 10.9 Å². The van der Waals surface area contributed by atoms with Gasteiger partial charge in [-0.3, -0.25) is 9.82 Å². The molecule has 0 radical (unpaired) electrons. The molecule has 0 aliphatic rings. The van der Waals surface area contributed by atoms with Crippen molar-refractivity contribution in [3.63, 3.8) is 0 Å². The predicted octanol–water partition coefficient (Wildman–Crippen LogP) is 3.49. The van der Waals surface area contributed by atoms with Crippen LogP contribution in [0.15, 0.2) is 53.6 Å². The van der Waals surface area contributed by atoms with Gasteiger partial charge < -0.3 is 0 Å². The summed E-state index contributed by atoms with van der Waals surface area (Å²) in [4.78, 5) is 0.248. The quantitative estimate of drug-likeness (QED) is 0.774. The third-order valence-corrected chi connectivity index (χ3v) is 4.97. The van der Waals surface area contributed by atoms with E-state index in [0.29, 0.717) is 11.6 Å². The van der Waals surface area contributed by atoms with Gasteiger partial charge in [0, 0.05) is 5.39 Å². The van der Waals surface area contributed by atoms with Gasteiger partial charge in [0.05, 0.1) is 22.3 Å². The Morgan fingerprint density at radius 2 is 1.82 bits per heavy atom. The van der Waals surface area contributed by atoms with Crippen molar-refractivity contribution in [3.8, 4) is 0 Å². The topological polar surface area (TPSA) is 74.8 Å². The molecule has 0 saturated heterocycles. The second-order valence-corrected chi connectivity index (χ2v) is 7.15. The molecule has 0 spiro atoms. The van der Waals surface area contributed by atoms with Crippen LogP contribution in [0.4, 0.5) is 5.69 Å². The summed E-state index contributed by atoms with van der Waals surface area (Å²) in [6.45, 7) is 4.14. The van der Waals surface area contributed by atoms with Crippen LogP contribution >= 0.6 is 0 Å². The lowest BCUT2D eigenvalue weighted by Crippen LogP contribution is -2.13. The van der Waals surface area contributed by atoms with E-state index in [1.54, 1.807) is 30.5 Å². The van der Waals surface area contributed by atoms with Gasteiger partial charge in [0.25, 0.3) is 10.0 Å². The van der Waals surface area contributed by atoms with E-state index in [1.165, 1.54) is 0 Å². The molecular formula is C16H17N3O2S. The van der Waals surface area contributed by atoms with Crippen molar-refractivity contribution in [2.75, 3.05) is 4.72 Å². The average Bonchev–Trinajstić information content (AvgIpc) is 2.96. The lowest BCUT2D eigenvalue weighted by atomic mass is 10.0. The molecule has 5 nitrogen and oxygen atoms in total. The highest BCUT2D eigenvalue weighted by atomic mass is 32.2. The number of benzene rings is 2. The Morgan fingerprint density at radius 3 is 2.50 bits per heavy atom. The highest BCUT2D eigenvalue weighted by molar-refractivity contribution is 7.92. The maximum Gasteiger partial charge on any atom is 0.261 e. The predicted molar refractivity (Wildman–Crippen MR) is 87.4 cm³/mol. The van der Waals surface area contributed by atoms with Gasteiger partial charge in [-0.25, -0.2) is 8.42 Å². The number of rotatable bonds is 4. The van der Waals surface area contributed by atoms with E-state index in [9.17, 15) is 8.42 Å². The Labute approximate surface area is 129 Å². The molecule has 0 atom stereocenters. The first-order valence-electron chi connectivity index (χ1n) is 7.02. The van der Waals surface area contributed by atoms with Gasteiger partial charge >= 0.3 is 0 Å². The van der Waals surface area contributed by atoms with Crippen LogP contribution in [0.5, 0.6) is 0 Å². The van der Waals surface area contributed by atoms with E-state index < -0.39 is 10.0 Å². The number of aromatic amines is 1. The van der Waals surface area contributed by atoms with Crippen molar-refractivity contribution in [2.24, 2.45) is 0 Å². The summed E-state index contributed by atoms with van der Waals surface area (Å²) < 4.78 is 27.6. The Morgan fingerprint density at radius 1 is 1.09 bits per heavy atom. The van der Waals surface area contributed by atoms with E-state index in [2.05, 4.69) is 28.8 Å². The van der Waals surface area contributed by atoms with Gasteiger partial charge in [0.15, 0.2) is 0 Å². The highest BCUT2D eigenvalue weighted by Crippen LogP contribution is 2.25. The average molecular weight is 315 g/mol. The van der Waals surface area contributed by atoms with E-state index >= 15 is 0 Å². The number of fused-ring (bicyclic) bond motifs is 1. The van der Waals surface area contributed by atoms with E-state index in [-0.39, 0.29) is 4.90 Å². The van der Waals surface area contributed by atoms with Crippen LogP contribution in [0, 0.1) is 0 Å². The molecule has 22 heavy (non-hydrogen) atoms. The zero-order chi connectivity index (χ0) is 15.7. The molecular weight excluding hydrogens is 298 g/mol. The monoisotopic (exact) mass is 315 g/mol. The molecule has 0 fully saturated rings. The number of sulfonamides is 1. The molecule has 1 heterocycles. The van der Waals surface area contributed by atoms with Crippen LogP contribution in [0.1, 0.15) is 25.3 Å². The third-order valence-electron chi connectivity index (χ3n) is 3.59. The fraction of sp³-hybridized carbons (Fsp3) is 0.188. The van der Waals surface area contributed by atoms with E-state index in [4.69, 9.17) is 0 Å². The Hall–Kier alpha value is -2.34. The van der Waals surface area contributed by atoms with Gasteiger partial charge in [-0.2, -0.15) is 5.10 Å². The fourth-order valence-electron chi connectivity index (χ4n) is 2.29. The minimum Gasteiger partial charge on any atom is -0.279 e. The summed E-state index contributed by atoms with van der Waals surface area (Å²) in [6, 6.07) is 12.3. The summed E-state index contributed by atoms with van der Waals surface area (Å²) in [5, 5.41) is 7.50. The summed E-state index contributed by atoms with van der Waals surface area (Å²) in [6.07, 6.45) is 1.61. The number of nitrogens with one attached hydrogen (secondary N) is 2. The normalized spacial score (nSPS) is 12.0. The molecule has 3 aromatic rings. The zero-order valence-electron chi connectivity index (χ0n) is 12.4. The maximum atomic E-state index is 12.5. The number of nitrogens with zero attached hydrogens (tertiary/aromatic N) is 1. The summed E-state index contributed by atoms with van der Waals surface area (Å²) >= 11 is 0. The van der Waals surface area contributed by atoms with Crippen molar-refractivity contribution in [2.45, 2.75) is 24.7 Å². The number of aromatic nitrogens is 2. The number of hydrogen-bond acceptors (Lipinski definition) is 3. The first kappa shape index (κ1) is 14.6. The van der Waals surface area contributed by atoms with Crippen molar-refractivity contribution in [3.05, 3.63) is 54.2 Å². The van der Waals surface area contributed by atoms with Gasteiger partial charge in [-0.05, 0) is 35.7 Å². The number of anilines is 1. The molecule has 1 aromatic heterocycles. The van der Waals surface area contributed by atoms with Crippen molar-refractivity contribution in [1.29, 1.82) is 0 Å². The first-order chi connectivity index (χ1) is 10.5. The van der Waals surface area contributed by atoms with Crippen molar-refractivity contribution < 1.29 is 8.42 Å². The van der Waals surface area contributed by atoms with Crippen LogP contribution in [0.3, 0.4) is 0 Å².